The summed E-state index contributed by atoms with van der Waals surface area (Å²) in [6, 6.07) is 125. The Morgan fingerprint density at radius 1 is 0.258 bits per heavy atom. The maximum absolute atomic E-state index is 16.0. The standard InChI is InChI=1S/2C30H18BF2IN2O.2C25H16BNO.2FH/c32-34(33,35-19-9-2-1-3-10-19)23-14-7-15-24-28(23)20-11-6-13-22-30(20)36(24)25-16-8-18-27-29(25)31(22)21-12-4-5-17-26(21)37-27;32-34(33,35-20-8-2-1-3-9-20)19-16-17-25-22(18-19)21-10-6-12-24-30(21)36(25)26-13-7-15-28-29(26)31(24)23-11-4-5-14-27(23)37-28;1-15-13-14-22-23-24(15)27-20-11-4-2-7-16(20)17-8-6-10-19(25(17)27)26(23)18-9-3-5-12-21(18)28-22;1-15-12-13-16-17-6-4-8-19-25(17)27(21(16)14-15)20-9-5-11-23-24(20)26(19)18-7-2-3-10-22(18)28-23;;/h2*1-18H;2*2-14H,1H3;2*1H/p-2. The van der Waals surface area contributed by atoms with E-state index < -0.39 is 38.8 Å². The van der Waals surface area contributed by atoms with Gasteiger partial charge < -0.3 is 28.0 Å². The van der Waals surface area contributed by atoms with E-state index in [0.717, 1.165) is 128 Å². The van der Waals surface area contributed by atoms with Gasteiger partial charge in [-0.3, -0.25) is 0 Å². The van der Waals surface area contributed by atoms with Crippen molar-refractivity contribution in [3.8, 4) is 68.7 Å². The summed E-state index contributed by atoms with van der Waals surface area (Å²) in [4.78, 5) is 0. The van der Waals surface area contributed by atoms with E-state index in [0.29, 0.717) is 16.8 Å². The molecular weight excluding hydrogens is 1880 g/mol. The van der Waals surface area contributed by atoms with Crippen molar-refractivity contribution in [2.45, 2.75) is 13.8 Å². The number of fused-ring (bicyclic) bond motifs is 28. The van der Waals surface area contributed by atoms with E-state index in [2.05, 4.69) is 233 Å². The van der Waals surface area contributed by atoms with E-state index in [1.165, 1.54) is 98.9 Å². The molecule has 632 valence electrons. The number of hydrogen-bond acceptors (Lipinski definition) is 6. The van der Waals surface area contributed by atoms with Crippen LogP contribution in [-0.4, -0.2) is 45.1 Å². The minimum atomic E-state index is -5.71. The zero-order valence-electron chi connectivity index (χ0n) is 70.4. The van der Waals surface area contributed by atoms with Crippen LogP contribution in [-0.2, 0) is 0 Å². The second-order valence-electron chi connectivity index (χ2n) is 34.3. The first-order chi connectivity index (χ1) is 63.9. The summed E-state index contributed by atoms with van der Waals surface area (Å²) in [5, 5.41) is 8.52. The second-order valence-corrected chi connectivity index (χ2v) is 42.4. The fourth-order valence-electron chi connectivity index (χ4n) is 22.3. The first-order valence-electron chi connectivity index (χ1n) is 43.6. The van der Waals surface area contributed by atoms with Crippen molar-refractivity contribution in [2.24, 2.45) is 6.29 Å². The molecule has 0 unspecified atom stereocenters. The van der Waals surface area contributed by atoms with Crippen molar-refractivity contribution < 1.29 is 39.8 Å². The van der Waals surface area contributed by atoms with Crippen molar-refractivity contribution >= 4 is 230 Å². The van der Waals surface area contributed by atoms with Gasteiger partial charge in [0.1, 0.15) is 23.0 Å². The van der Waals surface area contributed by atoms with Gasteiger partial charge in [0.15, 0.2) is 0 Å². The molecule has 0 radical (unpaired) electrons. The van der Waals surface area contributed by atoms with E-state index >= 15 is 11.4 Å². The normalized spacial score (nSPS) is 13.4. The molecule has 8 aliphatic rings. The van der Waals surface area contributed by atoms with Crippen LogP contribution in [0.2, 0.25) is 0 Å². The summed E-state index contributed by atoms with van der Waals surface area (Å²) in [6.07, 6.45) is 0. The van der Waals surface area contributed by atoms with Crippen LogP contribution in [0.15, 0.2) is 382 Å². The van der Waals surface area contributed by atoms with E-state index in [1.807, 2.05) is 103 Å². The Bertz CT molecular complexity index is 8900. The van der Waals surface area contributed by atoms with Crippen LogP contribution in [0.5, 0.6) is 46.0 Å². The Kier molecular flexibility index (Phi) is 18.0. The molecule has 132 heavy (non-hydrogen) atoms. The zero-order valence-corrected chi connectivity index (χ0v) is 74.8. The van der Waals surface area contributed by atoms with Crippen LogP contribution < -0.4 is 93.9 Å². The van der Waals surface area contributed by atoms with Gasteiger partial charge in [-0.05, 0) is 100 Å². The number of halogens is 8. The first-order valence-corrected chi connectivity index (χ1v) is 50.9. The molecule has 8 aliphatic heterocycles. The first kappa shape index (κ1) is 79.4. The molecule has 0 spiro atoms. The third-order valence-corrected chi connectivity index (χ3v) is 34.1. The molecule has 0 amide bonds. The fraction of sp³-hybridized carbons (Fsp3) is 0.0182. The molecule has 4 aromatic heterocycles. The summed E-state index contributed by atoms with van der Waals surface area (Å²) in [5.74, 6) is 7.22. The van der Waals surface area contributed by atoms with Crippen molar-refractivity contribution in [2.75, 3.05) is 0 Å². The van der Waals surface area contributed by atoms with Gasteiger partial charge in [-0.2, -0.15) is 0 Å². The number of hydrogen-bond donors (Lipinski definition) is 0. The minimum absolute atomic E-state index is 0. The molecule has 0 saturated heterocycles. The van der Waals surface area contributed by atoms with Gasteiger partial charge in [0.2, 0.25) is 0 Å². The van der Waals surface area contributed by atoms with Gasteiger partial charge in [0, 0.05) is 44.0 Å². The quantitative estimate of drug-likeness (QED) is 0.0999. The molecule has 0 saturated carbocycles. The SMILES string of the molecule is Cc1ccc2c3c1-n1c4ccccc4c4cccc(c41)B3c1ccccc1O2.Cc1ccc2c3cccc4c3n(c2c1)-c1cccc2c1B4c1ccccc1O2.FI(F)(=Nc1ccccc1)c1ccc2c(c1)c1cccc3c1n2-c1cccc2c1B3c1ccccc1O2.FI(F)(=Nc1ccccc1)c1cccc2c1c1cccc3c1n2-c1cccc2c1B3c1ccccc1O2.[F-].[F-]. The van der Waals surface area contributed by atoms with Crippen molar-refractivity contribution in [1.29, 1.82) is 0 Å². The maximum Gasteiger partial charge on any atom is -1.00 e. The van der Waals surface area contributed by atoms with E-state index in [4.69, 9.17) is 18.9 Å². The largest absolute Gasteiger partial charge is 1.00 e. The third kappa shape index (κ3) is 11.5. The molecule has 0 N–H and O–H groups in total. The van der Waals surface area contributed by atoms with Crippen molar-refractivity contribution in [3.05, 3.63) is 394 Å². The second kappa shape index (κ2) is 29.9. The molecule has 0 aliphatic carbocycles. The number of aromatic nitrogens is 4. The Hall–Kier alpha value is -14.7. The molecule has 22 aromatic rings. The number of benzene rings is 18. The molecule has 0 bridgehead atoms. The summed E-state index contributed by atoms with van der Waals surface area (Å²) in [5.41, 5.74) is 31.1. The summed E-state index contributed by atoms with van der Waals surface area (Å²) >= 11 is -11.3. The van der Waals surface area contributed by atoms with E-state index in [1.54, 1.807) is 78.9 Å². The van der Waals surface area contributed by atoms with Gasteiger partial charge in [0.05, 0.1) is 11.0 Å². The molecule has 30 rings (SSSR count). The molecule has 22 heteroatoms. The summed E-state index contributed by atoms with van der Waals surface area (Å²) < 4.78 is 106. The van der Waals surface area contributed by atoms with Crippen LogP contribution >= 0.6 is 38.8 Å². The smallest absolute Gasteiger partial charge is 1.00 e. The number of rotatable bonds is 4. The Labute approximate surface area is 764 Å². The average Bonchev–Trinajstić information content (AvgIpc) is 1.53. The average molecular weight is 1950 g/mol. The van der Waals surface area contributed by atoms with Crippen LogP contribution in [0.1, 0.15) is 11.1 Å². The third-order valence-electron chi connectivity index (χ3n) is 27.4. The topological polar surface area (TPSA) is 81.4 Å². The van der Waals surface area contributed by atoms with Crippen LogP contribution in [0.3, 0.4) is 0 Å². The molecule has 0 fully saturated rings. The van der Waals surface area contributed by atoms with E-state index in [9.17, 15) is 0 Å². The minimum Gasteiger partial charge on any atom is -1.00 e. The van der Waals surface area contributed by atoms with Gasteiger partial charge in [-0.15, -0.1) is 0 Å². The Balaban J connectivity index is 0.0000000948. The van der Waals surface area contributed by atoms with Crippen LogP contribution in [0.4, 0.5) is 22.8 Å². The molecular formula is C110H68B4F6I2N6O4-2. The summed E-state index contributed by atoms with van der Waals surface area (Å²) in [7, 11) is 0. The fourth-order valence-corrected chi connectivity index (χ4v) is 28.0. The predicted octanol–water partition coefficient (Wildman–Crippen LogP) is 16.5. The van der Waals surface area contributed by atoms with Crippen molar-refractivity contribution in [3.63, 3.8) is 0 Å². The van der Waals surface area contributed by atoms with Crippen molar-refractivity contribution in [1.82, 2.24) is 18.3 Å². The monoisotopic (exact) mass is 1950 g/mol. The van der Waals surface area contributed by atoms with Gasteiger partial charge in [-0.25, -0.2) is 0 Å². The molecule has 12 heterocycles. The van der Waals surface area contributed by atoms with Gasteiger partial charge in [-0.1, -0.05) is 115 Å². The van der Waals surface area contributed by atoms with Crippen LogP contribution in [0, 0.1) is 21.0 Å². The molecule has 0 atom stereocenters. The Morgan fingerprint density at radius 3 is 1.13 bits per heavy atom. The Morgan fingerprint density at radius 2 is 0.614 bits per heavy atom. The van der Waals surface area contributed by atoms with Gasteiger partial charge >= 0.3 is 436 Å². The summed E-state index contributed by atoms with van der Waals surface area (Å²) in [6.45, 7) is 4.77. The number of para-hydroxylation sites is 9. The maximum atomic E-state index is 16.0. The number of aryl methyl sites for hydroxylation is 2. The van der Waals surface area contributed by atoms with E-state index in [-0.39, 0.29) is 43.4 Å². The predicted molar refractivity (Wildman–Crippen MR) is 544 cm³/mol. The number of nitrogens with zero attached hydrogens (tertiary/aromatic N) is 6. The molecule has 10 nitrogen and oxygen atoms in total. The number of ether oxygens (including phenoxy) is 4. The van der Waals surface area contributed by atoms with Gasteiger partial charge in [0.25, 0.3) is 13.4 Å². The molecule has 18 aromatic carbocycles. The zero-order chi connectivity index (χ0) is 86.3. The van der Waals surface area contributed by atoms with Crippen LogP contribution in [0.25, 0.3) is 110 Å².